The fourth-order valence-electron chi connectivity index (χ4n) is 5.50. The fraction of sp³-hybridized carbons (Fsp3) is 0.864. The predicted octanol–water partition coefficient (Wildman–Crippen LogP) is 5.69. The van der Waals surface area contributed by atoms with Gasteiger partial charge in [-0.3, -0.25) is 4.79 Å². The van der Waals surface area contributed by atoms with Crippen molar-refractivity contribution in [3.63, 3.8) is 0 Å². The number of allylic oxidation sites excluding steroid dienone is 2. The minimum absolute atomic E-state index is 0.00898. The van der Waals surface area contributed by atoms with Gasteiger partial charge in [-0.25, -0.2) is 0 Å². The zero-order valence-corrected chi connectivity index (χ0v) is 21.3. The Morgan fingerprint density at radius 3 is 2.30 bits per heavy atom. The van der Waals surface area contributed by atoms with Crippen molar-refractivity contribution in [2.75, 3.05) is 7.11 Å². The number of fused-ring (bicyclic) bond motifs is 1. The van der Waals surface area contributed by atoms with Gasteiger partial charge in [0.15, 0.2) is 0 Å². The van der Waals surface area contributed by atoms with E-state index in [-0.39, 0.29) is 23.5 Å². The topological polar surface area (TPSA) is 35.5 Å². The predicted molar refractivity (Wildman–Crippen MR) is 119 cm³/mol. The van der Waals surface area contributed by atoms with Crippen LogP contribution in [0.2, 0.25) is 39.3 Å². The summed E-state index contributed by atoms with van der Waals surface area (Å²) < 4.78 is 12.6. The first-order chi connectivity index (χ1) is 12.3. The monoisotopic (exact) mass is 410 g/mol. The summed E-state index contributed by atoms with van der Waals surface area (Å²) in [5, 5.41) is 1.55. The Balaban J connectivity index is 2.55. The highest BCUT2D eigenvalue weighted by atomic mass is 28.3. The largest absolute Gasteiger partial charge is 0.456 e. The third-order valence-corrected chi connectivity index (χ3v) is 12.2. The van der Waals surface area contributed by atoms with Crippen LogP contribution in [0.3, 0.4) is 0 Å². The van der Waals surface area contributed by atoms with E-state index in [0.29, 0.717) is 11.8 Å². The van der Waals surface area contributed by atoms with E-state index in [1.54, 1.807) is 5.20 Å². The van der Waals surface area contributed by atoms with E-state index < -0.39 is 21.7 Å². The molecule has 1 saturated heterocycles. The number of hydrogen-bond donors (Lipinski definition) is 0. The van der Waals surface area contributed by atoms with Crippen LogP contribution in [0.25, 0.3) is 0 Å². The lowest BCUT2D eigenvalue weighted by atomic mass is 9.61. The number of methoxy groups -OCH3 is 1. The van der Waals surface area contributed by atoms with Gasteiger partial charge in [-0.2, -0.15) is 0 Å². The fourth-order valence-corrected chi connectivity index (χ4v) is 8.77. The van der Waals surface area contributed by atoms with E-state index in [1.807, 2.05) is 7.11 Å². The smallest absolute Gasteiger partial charge is 0.309 e. The van der Waals surface area contributed by atoms with Gasteiger partial charge in [-0.05, 0) is 32.1 Å². The van der Waals surface area contributed by atoms with Gasteiger partial charge in [0.2, 0.25) is 0 Å². The molecule has 0 aromatic rings. The second-order valence-electron chi connectivity index (χ2n) is 11.2. The molecule has 1 heterocycles. The maximum absolute atomic E-state index is 12.8. The van der Waals surface area contributed by atoms with Crippen LogP contribution in [0.4, 0.5) is 0 Å². The summed E-state index contributed by atoms with van der Waals surface area (Å²) >= 11 is 0. The molecule has 6 atom stereocenters. The quantitative estimate of drug-likeness (QED) is 0.417. The van der Waals surface area contributed by atoms with Gasteiger partial charge < -0.3 is 9.47 Å². The van der Waals surface area contributed by atoms with Gasteiger partial charge in [0.1, 0.15) is 5.60 Å². The van der Waals surface area contributed by atoms with Crippen molar-refractivity contribution in [1.29, 1.82) is 0 Å². The Kier molecular flexibility index (Phi) is 6.60. The molecule has 0 unspecified atom stereocenters. The molecule has 0 bridgehead atoms. The summed E-state index contributed by atoms with van der Waals surface area (Å²) in [6, 6.07) is 0. The van der Waals surface area contributed by atoms with Crippen LogP contribution >= 0.6 is 0 Å². The van der Waals surface area contributed by atoms with Crippen molar-refractivity contribution in [3.05, 3.63) is 11.3 Å². The highest BCUT2D eigenvalue weighted by molar-refractivity contribution is 6.82. The normalized spacial score (nSPS) is 36.4. The molecule has 156 valence electrons. The number of hydrogen-bond acceptors (Lipinski definition) is 3. The SMILES string of the molecule is CO[C@@H]([C@@]12OC(=O)[C@H](C)[C@@H]1CC[C@@H](C)[C@@H]2C/C=C(\C)[Si](C)(C)C)[Si](C)(C)C. The molecule has 0 N–H and O–H groups in total. The van der Waals surface area contributed by atoms with E-state index in [4.69, 9.17) is 9.47 Å². The first kappa shape index (κ1) is 22.9. The Labute approximate surface area is 169 Å². The molecule has 5 heteroatoms. The van der Waals surface area contributed by atoms with Crippen molar-refractivity contribution in [3.8, 4) is 0 Å². The van der Waals surface area contributed by atoms with E-state index in [9.17, 15) is 4.79 Å². The highest BCUT2D eigenvalue weighted by Crippen LogP contribution is 2.56. The molecule has 1 saturated carbocycles. The van der Waals surface area contributed by atoms with Crippen molar-refractivity contribution >= 4 is 22.1 Å². The summed E-state index contributed by atoms with van der Waals surface area (Å²) in [7, 11) is -1.17. The molecule has 2 rings (SSSR count). The summed E-state index contributed by atoms with van der Waals surface area (Å²) in [4.78, 5) is 12.8. The molecule has 2 fully saturated rings. The van der Waals surface area contributed by atoms with Crippen molar-refractivity contribution in [1.82, 2.24) is 0 Å². The van der Waals surface area contributed by atoms with E-state index >= 15 is 0 Å². The first-order valence-electron chi connectivity index (χ1n) is 10.7. The summed E-state index contributed by atoms with van der Waals surface area (Å²) in [5.41, 5.74) is -0.416. The van der Waals surface area contributed by atoms with Crippen LogP contribution < -0.4 is 0 Å². The Hall–Kier alpha value is -0.396. The molecule has 27 heavy (non-hydrogen) atoms. The molecule has 1 aliphatic heterocycles. The second kappa shape index (κ2) is 7.79. The lowest BCUT2D eigenvalue weighted by molar-refractivity contribution is -0.179. The Bertz CT molecular complexity index is 587. The van der Waals surface area contributed by atoms with Crippen LogP contribution in [0.1, 0.15) is 40.0 Å². The van der Waals surface area contributed by atoms with Gasteiger partial charge in [0.05, 0.1) is 27.8 Å². The lowest BCUT2D eigenvalue weighted by Gasteiger charge is -2.54. The first-order valence-corrected chi connectivity index (χ1v) is 17.8. The van der Waals surface area contributed by atoms with Crippen molar-refractivity contribution in [2.24, 2.45) is 23.7 Å². The Morgan fingerprint density at radius 2 is 1.81 bits per heavy atom. The van der Waals surface area contributed by atoms with Crippen LogP contribution in [0.15, 0.2) is 11.3 Å². The van der Waals surface area contributed by atoms with E-state index in [0.717, 1.165) is 12.8 Å². The maximum atomic E-state index is 12.8. The molecule has 0 radical (unpaired) electrons. The van der Waals surface area contributed by atoms with Gasteiger partial charge in [-0.1, -0.05) is 64.4 Å². The maximum Gasteiger partial charge on any atom is 0.309 e. The lowest BCUT2D eigenvalue weighted by Crippen LogP contribution is -2.65. The molecule has 0 spiro atoms. The third-order valence-electron chi connectivity index (χ3n) is 7.32. The van der Waals surface area contributed by atoms with Crippen LogP contribution in [-0.4, -0.2) is 40.6 Å². The molecular weight excluding hydrogens is 368 g/mol. The van der Waals surface area contributed by atoms with Gasteiger partial charge in [-0.15, -0.1) is 0 Å². The van der Waals surface area contributed by atoms with Crippen LogP contribution in [-0.2, 0) is 14.3 Å². The molecule has 2 aliphatic rings. The van der Waals surface area contributed by atoms with Gasteiger partial charge in [0, 0.05) is 18.9 Å². The number of carbonyl (C=O) groups is 1. The molecular formula is C22H42O3Si2. The summed E-state index contributed by atoms with van der Waals surface area (Å²) in [5.74, 6) is 1.14. The van der Waals surface area contributed by atoms with Crippen LogP contribution in [0.5, 0.6) is 0 Å². The molecule has 3 nitrogen and oxygen atoms in total. The third kappa shape index (κ3) is 4.15. The number of carbonyl (C=O) groups excluding carboxylic acids is 1. The average molecular weight is 411 g/mol. The zero-order valence-electron chi connectivity index (χ0n) is 19.3. The minimum Gasteiger partial charge on any atom is -0.456 e. The molecule has 1 aliphatic carbocycles. The van der Waals surface area contributed by atoms with E-state index in [2.05, 4.69) is 66.1 Å². The number of esters is 1. The number of ether oxygens (including phenoxy) is 2. The summed E-state index contributed by atoms with van der Waals surface area (Å²) in [6.45, 7) is 21.0. The molecule has 0 aromatic carbocycles. The van der Waals surface area contributed by atoms with E-state index in [1.165, 1.54) is 6.42 Å². The molecule has 0 amide bonds. The van der Waals surface area contributed by atoms with Crippen molar-refractivity contribution < 1.29 is 14.3 Å². The van der Waals surface area contributed by atoms with Gasteiger partial charge in [0.25, 0.3) is 0 Å². The second-order valence-corrected chi connectivity index (χ2v) is 21.7. The minimum atomic E-state index is -1.70. The average Bonchev–Trinajstić information content (AvgIpc) is 2.76. The summed E-state index contributed by atoms with van der Waals surface area (Å²) in [6.07, 6.45) is 5.72. The van der Waals surface area contributed by atoms with Gasteiger partial charge >= 0.3 is 5.97 Å². The van der Waals surface area contributed by atoms with Crippen molar-refractivity contribution in [2.45, 2.75) is 90.6 Å². The molecule has 0 aromatic heterocycles. The zero-order chi connectivity index (χ0) is 20.8. The highest BCUT2D eigenvalue weighted by Gasteiger charge is 2.66. The Morgan fingerprint density at radius 1 is 1.22 bits per heavy atom. The number of rotatable bonds is 6. The standard InChI is InChI=1S/C22H42O3Si2/c1-15-11-13-19-17(3)20(23)25-22(19,21(24-4)27(8,9)10)18(15)14-12-16(2)26(5,6)7/h12,15,17-19,21H,11,13-14H2,1-10H3/b16-12+/t15-,17-,18+,19+,21-,22+/m1/s1. The van der Waals surface area contributed by atoms with Crippen LogP contribution in [0, 0.1) is 23.7 Å².